The predicted molar refractivity (Wildman–Crippen MR) is 86.0 cm³/mol. The molecule has 128 valence electrons. The van der Waals surface area contributed by atoms with Gasteiger partial charge in [-0.3, -0.25) is 4.79 Å². The fourth-order valence-electron chi connectivity index (χ4n) is 3.45. The van der Waals surface area contributed by atoms with Gasteiger partial charge in [0.1, 0.15) is 0 Å². The van der Waals surface area contributed by atoms with E-state index in [4.69, 9.17) is 0 Å². The SMILES string of the molecule is Cl.O=C(Nc1ccc2c(c1)CCN2)C1CCCCC1C(F)(F)F. The second kappa shape index (κ2) is 6.99. The number of fused-ring (bicyclic) bond motifs is 1. The molecule has 1 heterocycles. The molecular weight excluding hydrogens is 329 g/mol. The maximum Gasteiger partial charge on any atom is 0.392 e. The second-order valence-corrected chi connectivity index (χ2v) is 6.08. The average molecular weight is 349 g/mol. The Morgan fingerprint density at radius 3 is 2.70 bits per heavy atom. The van der Waals surface area contributed by atoms with Gasteiger partial charge >= 0.3 is 6.18 Å². The Morgan fingerprint density at radius 2 is 1.96 bits per heavy atom. The van der Waals surface area contributed by atoms with Crippen LogP contribution in [0.1, 0.15) is 31.2 Å². The van der Waals surface area contributed by atoms with Crippen LogP contribution in [0.3, 0.4) is 0 Å². The van der Waals surface area contributed by atoms with Crippen molar-refractivity contribution < 1.29 is 18.0 Å². The van der Waals surface area contributed by atoms with Crippen LogP contribution in [0.15, 0.2) is 18.2 Å². The predicted octanol–water partition coefficient (Wildman–Crippen LogP) is 4.38. The van der Waals surface area contributed by atoms with Crippen LogP contribution in [0.5, 0.6) is 0 Å². The van der Waals surface area contributed by atoms with Crippen LogP contribution in [0.4, 0.5) is 24.5 Å². The summed E-state index contributed by atoms with van der Waals surface area (Å²) in [6.45, 7) is 0.853. The number of carbonyl (C=O) groups excluding carboxylic acids is 1. The molecule has 2 unspecified atom stereocenters. The molecular formula is C16H20ClF3N2O. The van der Waals surface area contributed by atoms with Crippen LogP contribution in [-0.4, -0.2) is 18.6 Å². The third-order valence-corrected chi connectivity index (χ3v) is 4.61. The molecule has 2 atom stereocenters. The van der Waals surface area contributed by atoms with Crippen LogP contribution in [0, 0.1) is 11.8 Å². The van der Waals surface area contributed by atoms with Gasteiger partial charge in [-0.05, 0) is 43.0 Å². The van der Waals surface area contributed by atoms with E-state index in [0.717, 1.165) is 24.2 Å². The van der Waals surface area contributed by atoms with Crippen molar-refractivity contribution in [3.63, 3.8) is 0 Å². The van der Waals surface area contributed by atoms with Gasteiger partial charge in [-0.2, -0.15) is 13.2 Å². The third-order valence-electron chi connectivity index (χ3n) is 4.61. The molecule has 0 spiro atoms. The molecule has 1 aromatic carbocycles. The first-order valence-corrected chi connectivity index (χ1v) is 7.69. The molecule has 3 rings (SSSR count). The van der Waals surface area contributed by atoms with Crippen molar-refractivity contribution in [2.75, 3.05) is 17.2 Å². The van der Waals surface area contributed by atoms with E-state index in [9.17, 15) is 18.0 Å². The fourth-order valence-corrected chi connectivity index (χ4v) is 3.45. The van der Waals surface area contributed by atoms with Gasteiger partial charge in [0.05, 0.1) is 5.92 Å². The lowest BCUT2D eigenvalue weighted by molar-refractivity contribution is -0.197. The van der Waals surface area contributed by atoms with Gasteiger partial charge in [-0.25, -0.2) is 0 Å². The maximum absolute atomic E-state index is 13.1. The molecule has 1 aliphatic carbocycles. The summed E-state index contributed by atoms with van der Waals surface area (Å²) in [6.07, 6.45) is -1.85. The highest BCUT2D eigenvalue weighted by atomic mass is 35.5. The summed E-state index contributed by atoms with van der Waals surface area (Å²) in [5, 5.41) is 5.89. The summed E-state index contributed by atoms with van der Waals surface area (Å²) in [6, 6.07) is 5.44. The number of benzene rings is 1. The van der Waals surface area contributed by atoms with Gasteiger partial charge in [0.25, 0.3) is 0 Å². The summed E-state index contributed by atoms with van der Waals surface area (Å²) < 4.78 is 39.2. The summed E-state index contributed by atoms with van der Waals surface area (Å²) in [7, 11) is 0. The second-order valence-electron chi connectivity index (χ2n) is 6.08. The van der Waals surface area contributed by atoms with Crippen molar-refractivity contribution in [1.29, 1.82) is 0 Å². The Balaban J connectivity index is 0.00000192. The van der Waals surface area contributed by atoms with Crippen LogP contribution in [0.2, 0.25) is 0 Å². The summed E-state index contributed by atoms with van der Waals surface area (Å²) in [4.78, 5) is 12.3. The third kappa shape index (κ3) is 3.91. The first-order valence-electron chi connectivity index (χ1n) is 7.69. The number of anilines is 2. The van der Waals surface area contributed by atoms with Crippen molar-refractivity contribution in [2.24, 2.45) is 11.8 Å². The minimum absolute atomic E-state index is 0. The number of hydrogen-bond donors (Lipinski definition) is 2. The van der Waals surface area contributed by atoms with E-state index in [2.05, 4.69) is 10.6 Å². The highest BCUT2D eigenvalue weighted by molar-refractivity contribution is 5.93. The topological polar surface area (TPSA) is 41.1 Å². The Kier molecular flexibility index (Phi) is 5.45. The monoisotopic (exact) mass is 348 g/mol. The Labute approximate surface area is 139 Å². The van der Waals surface area contributed by atoms with E-state index in [-0.39, 0.29) is 18.8 Å². The van der Waals surface area contributed by atoms with E-state index in [1.54, 1.807) is 6.07 Å². The number of amides is 1. The smallest absolute Gasteiger partial charge is 0.384 e. The maximum atomic E-state index is 13.1. The number of rotatable bonds is 2. The highest BCUT2D eigenvalue weighted by Crippen LogP contribution is 2.42. The van der Waals surface area contributed by atoms with Crippen molar-refractivity contribution in [3.8, 4) is 0 Å². The van der Waals surface area contributed by atoms with Gasteiger partial charge in [-0.15, -0.1) is 12.4 Å². The quantitative estimate of drug-likeness (QED) is 0.832. The lowest BCUT2D eigenvalue weighted by atomic mass is 9.78. The molecule has 1 saturated carbocycles. The molecule has 2 N–H and O–H groups in total. The van der Waals surface area contributed by atoms with Crippen molar-refractivity contribution in [1.82, 2.24) is 0 Å². The van der Waals surface area contributed by atoms with Gasteiger partial charge < -0.3 is 10.6 Å². The van der Waals surface area contributed by atoms with Crippen LogP contribution < -0.4 is 10.6 Å². The van der Waals surface area contributed by atoms with Crippen LogP contribution in [0.25, 0.3) is 0 Å². The fraction of sp³-hybridized carbons (Fsp3) is 0.562. The van der Waals surface area contributed by atoms with E-state index in [1.807, 2.05) is 12.1 Å². The van der Waals surface area contributed by atoms with E-state index >= 15 is 0 Å². The molecule has 0 saturated heterocycles. The molecule has 23 heavy (non-hydrogen) atoms. The Morgan fingerprint density at radius 1 is 1.22 bits per heavy atom. The summed E-state index contributed by atoms with van der Waals surface area (Å²) >= 11 is 0. The zero-order valence-electron chi connectivity index (χ0n) is 12.6. The van der Waals surface area contributed by atoms with E-state index in [0.29, 0.717) is 24.9 Å². The Hall–Kier alpha value is -1.43. The van der Waals surface area contributed by atoms with Crippen LogP contribution >= 0.6 is 12.4 Å². The standard InChI is InChI=1S/C16H19F3N2O.ClH/c17-16(18,19)13-4-2-1-3-12(13)15(22)21-11-5-6-14-10(9-11)7-8-20-14;/h5-6,9,12-13,20H,1-4,7-8H2,(H,21,22);1H. The van der Waals surface area contributed by atoms with Crippen LogP contribution in [-0.2, 0) is 11.2 Å². The number of carbonyl (C=O) groups is 1. The van der Waals surface area contributed by atoms with E-state index < -0.39 is 23.9 Å². The highest BCUT2D eigenvalue weighted by Gasteiger charge is 2.48. The lowest BCUT2D eigenvalue weighted by Crippen LogP contribution is -2.39. The average Bonchev–Trinajstić information content (AvgIpc) is 2.94. The summed E-state index contributed by atoms with van der Waals surface area (Å²) in [5.74, 6) is -2.99. The number of alkyl halides is 3. The van der Waals surface area contributed by atoms with Gasteiger partial charge in [-0.1, -0.05) is 12.8 Å². The zero-order chi connectivity index (χ0) is 15.7. The minimum atomic E-state index is -4.30. The summed E-state index contributed by atoms with van der Waals surface area (Å²) in [5.41, 5.74) is 2.71. The molecule has 0 aromatic heterocycles. The van der Waals surface area contributed by atoms with Crippen molar-refractivity contribution >= 4 is 29.7 Å². The molecule has 1 amide bonds. The normalized spacial score (nSPS) is 23.4. The Bertz CT molecular complexity index is 577. The largest absolute Gasteiger partial charge is 0.392 e. The number of hydrogen-bond acceptors (Lipinski definition) is 2. The van der Waals surface area contributed by atoms with Gasteiger partial charge in [0.15, 0.2) is 0 Å². The molecule has 0 bridgehead atoms. The lowest BCUT2D eigenvalue weighted by Gasteiger charge is -2.32. The first kappa shape index (κ1) is 17.9. The first-order chi connectivity index (χ1) is 10.4. The molecule has 1 aliphatic heterocycles. The number of halogens is 4. The molecule has 1 aromatic rings. The molecule has 2 aliphatic rings. The molecule has 7 heteroatoms. The zero-order valence-corrected chi connectivity index (χ0v) is 13.4. The molecule has 0 radical (unpaired) electrons. The minimum Gasteiger partial charge on any atom is -0.384 e. The number of nitrogens with one attached hydrogen (secondary N) is 2. The van der Waals surface area contributed by atoms with Crippen molar-refractivity contribution in [3.05, 3.63) is 23.8 Å². The van der Waals surface area contributed by atoms with Gasteiger partial charge in [0, 0.05) is 23.8 Å². The molecule has 1 fully saturated rings. The van der Waals surface area contributed by atoms with Crippen molar-refractivity contribution in [2.45, 2.75) is 38.3 Å². The van der Waals surface area contributed by atoms with Gasteiger partial charge in [0.2, 0.25) is 5.91 Å². The molecule has 3 nitrogen and oxygen atoms in total. The van der Waals surface area contributed by atoms with E-state index in [1.165, 1.54) is 0 Å².